The molecule has 1 atom stereocenters. The maximum Gasteiger partial charge on any atom is 0.747 e. The van der Waals surface area contributed by atoms with Crippen LogP contribution in [-0.4, -0.2) is 22.0 Å². The molecule has 7 nitrogen and oxygen atoms in total. The number of methoxy groups -OCH3 is 1. The maximum atomic E-state index is 10.7. The zero-order valence-corrected chi connectivity index (χ0v) is 12.6. The number of ether oxygens (including phenoxy) is 2. The van der Waals surface area contributed by atoms with Crippen molar-refractivity contribution in [1.82, 2.24) is 9.97 Å². The minimum Gasteiger partial charge on any atom is -0.481 e. The van der Waals surface area contributed by atoms with E-state index >= 15 is 0 Å². The number of benzene rings is 1. The lowest BCUT2D eigenvalue weighted by Crippen LogP contribution is -1.96. The molecule has 0 aliphatic rings. The fourth-order valence-electron chi connectivity index (χ4n) is 1.71. The van der Waals surface area contributed by atoms with Gasteiger partial charge in [0, 0.05) is 10.6 Å². The van der Waals surface area contributed by atoms with Gasteiger partial charge in [0.1, 0.15) is 11.6 Å². The van der Waals surface area contributed by atoms with E-state index in [1.165, 1.54) is 13.2 Å². The van der Waals surface area contributed by atoms with E-state index in [4.69, 9.17) is 18.9 Å². The highest BCUT2D eigenvalue weighted by atomic mass is 31.1. The Labute approximate surface area is 122 Å². The molecule has 0 bridgehead atoms. The summed E-state index contributed by atoms with van der Waals surface area (Å²) in [5.74, 6) is 1.88. The van der Waals surface area contributed by atoms with Gasteiger partial charge in [0.15, 0.2) is 5.75 Å². The lowest BCUT2D eigenvalue weighted by molar-refractivity contribution is 0.385. The van der Waals surface area contributed by atoms with Crippen LogP contribution in [0.3, 0.4) is 0 Å². The highest BCUT2D eigenvalue weighted by Crippen LogP contribution is 2.31. The lowest BCUT2D eigenvalue weighted by Gasteiger charge is -2.08. The van der Waals surface area contributed by atoms with Crippen LogP contribution in [0.15, 0.2) is 24.3 Å². The Balaban J connectivity index is 2.28. The monoisotopic (exact) mass is 309 g/mol. The Kier molecular flexibility index (Phi) is 4.67. The highest BCUT2D eigenvalue weighted by molar-refractivity contribution is 7.32. The van der Waals surface area contributed by atoms with Gasteiger partial charge in [-0.2, -0.15) is 9.97 Å². The molecule has 1 aromatic carbocycles. The van der Waals surface area contributed by atoms with Gasteiger partial charge in [-0.1, -0.05) is 0 Å². The van der Waals surface area contributed by atoms with Gasteiger partial charge in [0.2, 0.25) is 11.8 Å². The van der Waals surface area contributed by atoms with E-state index in [1.807, 2.05) is 6.92 Å². The number of rotatable bonds is 5. The van der Waals surface area contributed by atoms with Crippen LogP contribution >= 0.6 is 8.25 Å². The fourth-order valence-corrected chi connectivity index (χ4v) is 1.99. The van der Waals surface area contributed by atoms with E-state index in [9.17, 15) is 4.57 Å². The van der Waals surface area contributed by atoms with Crippen molar-refractivity contribution in [3.63, 3.8) is 0 Å². The molecule has 0 fully saturated rings. The Morgan fingerprint density at radius 3 is 2.38 bits per heavy atom. The second-order valence-electron chi connectivity index (χ2n) is 4.21. The largest absolute Gasteiger partial charge is 0.747 e. The average molecular weight is 309 g/mol. The van der Waals surface area contributed by atoms with Crippen molar-refractivity contribution in [2.45, 2.75) is 13.8 Å². The van der Waals surface area contributed by atoms with Gasteiger partial charge in [-0.3, -0.25) is 0 Å². The zero-order chi connectivity index (χ0) is 15.4. The molecule has 21 heavy (non-hydrogen) atoms. The minimum atomic E-state index is -2.72. The summed E-state index contributed by atoms with van der Waals surface area (Å²) in [6.07, 6.45) is 0. The summed E-state index contributed by atoms with van der Waals surface area (Å²) in [6.45, 7) is 3.53. The fraction of sp³-hybridized carbons (Fsp3) is 0.231. The number of nitrogens with zero attached hydrogens (tertiary/aromatic N) is 2. The number of hydrogen-bond acceptors (Lipinski definition) is 6. The van der Waals surface area contributed by atoms with E-state index in [1.54, 1.807) is 25.1 Å². The molecule has 0 spiro atoms. The molecule has 0 saturated heterocycles. The molecule has 2 aromatic rings. The molecular formula is C13H14N2O5P+. The van der Waals surface area contributed by atoms with Gasteiger partial charge >= 0.3 is 8.25 Å². The number of hydrogen-bond donors (Lipinski definition) is 1. The Hall–Kier alpha value is -2.24. The third-order valence-electron chi connectivity index (χ3n) is 2.43. The first-order chi connectivity index (χ1) is 9.96. The summed E-state index contributed by atoms with van der Waals surface area (Å²) in [5.41, 5.74) is 0.817. The summed E-state index contributed by atoms with van der Waals surface area (Å²) >= 11 is 0. The van der Waals surface area contributed by atoms with Crippen LogP contribution in [0.25, 0.3) is 0 Å². The molecule has 0 amide bonds. The first-order valence-electron chi connectivity index (χ1n) is 5.99. The first kappa shape index (κ1) is 15.2. The quantitative estimate of drug-likeness (QED) is 0.849. The van der Waals surface area contributed by atoms with Crippen LogP contribution in [0.4, 0.5) is 0 Å². The van der Waals surface area contributed by atoms with Gasteiger partial charge in [-0.15, -0.1) is 4.89 Å². The standard InChI is InChI=1S/C13H13N2O5P/c1-8-4-10(6-11(5-8)20-21(16)17)19-13-7-12(18-3)14-9(2)15-13/h4-7H,1-3H3/p+1. The molecule has 1 N–H and O–H groups in total. The van der Waals surface area contributed by atoms with Crippen molar-refractivity contribution in [3.8, 4) is 23.3 Å². The third kappa shape index (κ3) is 4.37. The summed E-state index contributed by atoms with van der Waals surface area (Å²) < 4.78 is 26.2. The van der Waals surface area contributed by atoms with Gasteiger partial charge in [0.25, 0.3) is 0 Å². The molecule has 0 aliphatic carbocycles. The summed E-state index contributed by atoms with van der Waals surface area (Å²) in [7, 11) is -1.22. The van der Waals surface area contributed by atoms with Crippen molar-refractivity contribution in [1.29, 1.82) is 0 Å². The third-order valence-corrected chi connectivity index (χ3v) is 2.80. The molecule has 8 heteroatoms. The van der Waals surface area contributed by atoms with Gasteiger partial charge in [-0.05, 0) is 31.5 Å². The van der Waals surface area contributed by atoms with Gasteiger partial charge < -0.3 is 9.47 Å². The Morgan fingerprint density at radius 1 is 1.05 bits per heavy atom. The summed E-state index contributed by atoms with van der Waals surface area (Å²) in [5, 5.41) is 0. The first-order valence-corrected chi connectivity index (χ1v) is 7.12. The SMILES string of the molecule is COc1cc(Oc2cc(C)cc(O[P+](=O)O)c2)nc(C)n1. The Bertz CT molecular complexity index is 678. The van der Waals surface area contributed by atoms with Crippen LogP contribution in [0.1, 0.15) is 11.4 Å². The molecular weight excluding hydrogens is 295 g/mol. The molecule has 0 radical (unpaired) electrons. The molecule has 1 heterocycles. The van der Waals surface area contributed by atoms with Crippen molar-refractivity contribution in [2.24, 2.45) is 0 Å². The molecule has 0 aliphatic heterocycles. The summed E-state index contributed by atoms with van der Waals surface area (Å²) in [4.78, 5) is 17.0. The van der Waals surface area contributed by atoms with Crippen molar-refractivity contribution >= 4 is 8.25 Å². The lowest BCUT2D eigenvalue weighted by atomic mass is 10.2. The number of aryl methyl sites for hydroxylation is 2. The van der Waals surface area contributed by atoms with Crippen molar-refractivity contribution in [3.05, 3.63) is 35.7 Å². The minimum absolute atomic E-state index is 0.242. The molecule has 1 unspecified atom stereocenters. The van der Waals surface area contributed by atoms with E-state index < -0.39 is 8.25 Å². The molecule has 1 aromatic heterocycles. The summed E-state index contributed by atoms with van der Waals surface area (Å²) in [6, 6.07) is 6.42. The predicted molar refractivity (Wildman–Crippen MR) is 75.0 cm³/mol. The van der Waals surface area contributed by atoms with Crippen LogP contribution < -0.4 is 14.0 Å². The van der Waals surface area contributed by atoms with Crippen LogP contribution in [0.2, 0.25) is 0 Å². The van der Waals surface area contributed by atoms with Crippen molar-refractivity contribution in [2.75, 3.05) is 7.11 Å². The second-order valence-corrected chi connectivity index (χ2v) is 4.87. The topological polar surface area (TPSA) is 90.8 Å². The smallest absolute Gasteiger partial charge is 0.481 e. The van der Waals surface area contributed by atoms with Gasteiger partial charge in [0.05, 0.1) is 13.2 Å². The maximum absolute atomic E-state index is 10.7. The Morgan fingerprint density at radius 2 is 1.71 bits per heavy atom. The average Bonchev–Trinajstić information content (AvgIpc) is 2.36. The van der Waals surface area contributed by atoms with E-state index in [0.29, 0.717) is 23.3 Å². The van der Waals surface area contributed by atoms with Gasteiger partial charge in [-0.25, -0.2) is 4.52 Å². The van der Waals surface area contributed by atoms with Crippen LogP contribution in [-0.2, 0) is 4.57 Å². The van der Waals surface area contributed by atoms with E-state index in [0.717, 1.165) is 5.56 Å². The van der Waals surface area contributed by atoms with Crippen LogP contribution in [0.5, 0.6) is 23.3 Å². The highest BCUT2D eigenvalue weighted by Gasteiger charge is 2.16. The van der Waals surface area contributed by atoms with Crippen LogP contribution in [0, 0.1) is 13.8 Å². The molecule has 0 saturated carbocycles. The van der Waals surface area contributed by atoms with Crippen molar-refractivity contribution < 1.29 is 23.5 Å². The normalized spacial score (nSPS) is 11.0. The molecule has 110 valence electrons. The predicted octanol–water partition coefficient (Wildman–Crippen LogP) is 2.92. The molecule has 2 rings (SSSR count). The van der Waals surface area contributed by atoms with E-state index in [2.05, 4.69) is 9.97 Å². The van der Waals surface area contributed by atoms with E-state index in [-0.39, 0.29) is 5.75 Å². The zero-order valence-electron chi connectivity index (χ0n) is 11.7. The second kappa shape index (κ2) is 6.47. The number of aromatic nitrogens is 2.